The fraction of sp³-hybridized carbons (Fsp3) is 0.250. The molecule has 0 aromatic carbocycles. The van der Waals surface area contributed by atoms with E-state index in [0.29, 0.717) is 5.70 Å². The van der Waals surface area contributed by atoms with Gasteiger partial charge in [0.1, 0.15) is 0 Å². The van der Waals surface area contributed by atoms with Crippen molar-refractivity contribution in [3.05, 3.63) is 23.9 Å². The van der Waals surface area contributed by atoms with Crippen LogP contribution in [0.15, 0.2) is 34.2 Å². The number of amides is 2. The number of nitrogens with two attached hydrogens (primary N) is 1. The molecule has 0 bridgehead atoms. The lowest BCUT2D eigenvalue weighted by Crippen LogP contribution is -2.31. The van der Waals surface area contributed by atoms with Crippen molar-refractivity contribution >= 4 is 11.8 Å². The van der Waals surface area contributed by atoms with Crippen molar-refractivity contribution in [3.63, 3.8) is 0 Å². The Bertz CT molecular complexity index is 368. The second kappa shape index (κ2) is 2.62. The molecular weight excluding hydrogens is 170 g/mol. The quantitative estimate of drug-likeness (QED) is 0.571. The summed E-state index contributed by atoms with van der Waals surface area (Å²) in [5.41, 5.74) is 5.97. The van der Waals surface area contributed by atoms with E-state index in [4.69, 9.17) is 5.73 Å². The van der Waals surface area contributed by atoms with Crippen molar-refractivity contribution in [2.24, 2.45) is 27.8 Å². The average molecular weight is 177 g/mol. The summed E-state index contributed by atoms with van der Waals surface area (Å²) in [5.74, 6) is -1.84. The molecule has 0 aromatic rings. The van der Waals surface area contributed by atoms with Gasteiger partial charge in [-0.1, -0.05) is 6.08 Å². The number of hydrogen-bond acceptors (Lipinski definition) is 3. The Morgan fingerprint density at radius 1 is 1.15 bits per heavy atom. The fourth-order valence-corrected chi connectivity index (χ4v) is 1.39. The SMILES string of the molecule is NC1=CC2C(=O)N=NC(=O)C2C=C1. The van der Waals surface area contributed by atoms with Gasteiger partial charge in [-0.3, -0.25) is 9.59 Å². The first-order valence-corrected chi connectivity index (χ1v) is 3.83. The van der Waals surface area contributed by atoms with Crippen LogP contribution in [0, 0.1) is 11.8 Å². The zero-order chi connectivity index (χ0) is 9.42. The van der Waals surface area contributed by atoms with Gasteiger partial charge in [-0.15, -0.1) is 10.2 Å². The van der Waals surface area contributed by atoms with Gasteiger partial charge in [-0.05, 0) is 12.2 Å². The van der Waals surface area contributed by atoms with Crippen LogP contribution in [-0.4, -0.2) is 11.8 Å². The normalized spacial score (nSPS) is 31.5. The third kappa shape index (κ3) is 1.18. The Hall–Kier alpha value is -1.78. The predicted octanol–water partition coefficient (Wildman–Crippen LogP) is 0.150. The molecule has 0 saturated heterocycles. The van der Waals surface area contributed by atoms with E-state index in [9.17, 15) is 9.59 Å². The number of allylic oxidation sites excluding steroid dienone is 1. The summed E-state index contributed by atoms with van der Waals surface area (Å²) in [6.45, 7) is 0. The van der Waals surface area contributed by atoms with E-state index in [-0.39, 0.29) is 5.91 Å². The number of azo groups is 1. The Kier molecular flexibility index (Phi) is 1.58. The summed E-state index contributed by atoms with van der Waals surface area (Å²) in [5, 5.41) is 6.47. The average Bonchev–Trinajstić information content (AvgIpc) is 2.12. The Morgan fingerprint density at radius 2 is 1.77 bits per heavy atom. The first-order chi connectivity index (χ1) is 6.18. The van der Waals surface area contributed by atoms with Crippen molar-refractivity contribution in [2.75, 3.05) is 0 Å². The number of rotatable bonds is 0. The second-order valence-electron chi connectivity index (χ2n) is 2.95. The largest absolute Gasteiger partial charge is 0.399 e. The standard InChI is InChI=1S/C8H7N3O2/c9-4-1-2-5-6(3-4)8(13)11-10-7(5)12/h1-3,5-6H,9H2. The van der Waals surface area contributed by atoms with Crippen LogP contribution in [0.2, 0.25) is 0 Å². The second-order valence-corrected chi connectivity index (χ2v) is 2.95. The lowest BCUT2D eigenvalue weighted by Gasteiger charge is -2.21. The highest BCUT2D eigenvalue weighted by atomic mass is 16.2. The van der Waals surface area contributed by atoms with Crippen LogP contribution in [0.4, 0.5) is 0 Å². The molecular formula is C8H7N3O2. The van der Waals surface area contributed by atoms with Crippen LogP contribution in [-0.2, 0) is 9.59 Å². The van der Waals surface area contributed by atoms with Gasteiger partial charge in [0.15, 0.2) is 0 Å². The molecule has 5 heteroatoms. The van der Waals surface area contributed by atoms with Gasteiger partial charge in [-0.25, -0.2) is 0 Å². The van der Waals surface area contributed by atoms with Crippen LogP contribution < -0.4 is 5.73 Å². The van der Waals surface area contributed by atoms with Crippen LogP contribution >= 0.6 is 0 Å². The summed E-state index contributed by atoms with van der Waals surface area (Å²) in [6, 6.07) is 0. The molecule has 2 amide bonds. The first kappa shape index (κ1) is 7.85. The van der Waals surface area contributed by atoms with Crippen molar-refractivity contribution in [1.82, 2.24) is 0 Å². The van der Waals surface area contributed by atoms with Crippen molar-refractivity contribution in [2.45, 2.75) is 0 Å². The van der Waals surface area contributed by atoms with Gasteiger partial charge in [0.25, 0.3) is 11.8 Å². The maximum Gasteiger partial charge on any atom is 0.272 e. The van der Waals surface area contributed by atoms with Gasteiger partial charge in [-0.2, -0.15) is 0 Å². The number of carbonyl (C=O) groups is 2. The lowest BCUT2D eigenvalue weighted by atomic mass is 9.85. The topological polar surface area (TPSA) is 84.9 Å². The number of fused-ring (bicyclic) bond motifs is 1. The predicted molar refractivity (Wildman–Crippen MR) is 43.3 cm³/mol. The molecule has 0 spiro atoms. The molecule has 2 N–H and O–H groups in total. The maximum atomic E-state index is 11.2. The van der Waals surface area contributed by atoms with Gasteiger partial charge in [0.05, 0.1) is 11.8 Å². The van der Waals surface area contributed by atoms with Crippen LogP contribution in [0.3, 0.4) is 0 Å². The van der Waals surface area contributed by atoms with E-state index in [0.717, 1.165) is 0 Å². The zero-order valence-corrected chi connectivity index (χ0v) is 6.68. The molecule has 13 heavy (non-hydrogen) atoms. The van der Waals surface area contributed by atoms with E-state index in [2.05, 4.69) is 10.2 Å². The fourth-order valence-electron chi connectivity index (χ4n) is 1.39. The third-order valence-corrected chi connectivity index (χ3v) is 2.07. The minimum atomic E-state index is -0.546. The molecule has 1 aliphatic carbocycles. The molecule has 0 radical (unpaired) electrons. The zero-order valence-electron chi connectivity index (χ0n) is 6.68. The molecule has 0 fully saturated rings. The summed E-state index contributed by atoms with van der Waals surface area (Å²) in [7, 11) is 0. The number of hydrogen-bond donors (Lipinski definition) is 1. The molecule has 66 valence electrons. The van der Waals surface area contributed by atoms with Gasteiger partial charge in [0.2, 0.25) is 0 Å². The van der Waals surface area contributed by atoms with E-state index in [1.54, 1.807) is 18.2 Å². The molecule has 2 unspecified atom stereocenters. The Labute approximate surface area is 74.0 Å². The highest BCUT2D eigenvalue weighted by molar-refractivity contribution is 5.95. The smallest absolute Gasteiger partial charge is 0.272 e. The number of carbonyl (C=O) groups excluding carboxylic acids is 2. The monoisotopic (exact) mass is 177 g/mol. The number of nitrogens with zero attached hydrogens (tertiary/aromatic N) is 2. The molecule has 0 saturated carbocycles. The van der Waals surface area contributed by atoms with E-state index in [1.165, 1.54) is 0 Å². The van der Waals surface area contributed by atoms with E-state index in [1.807, 2.05) is 0 Å². The highest BCUT2D eigenvalue weighted by Crippen LogP contribution is 2.27. The minimum Gasteiger partial charge on any atom is -0.399 e. The van der Waals surface area contributed by atoms with Crippen molar-refractivity contribution < 1.29 is 9.59 Å². The summed E-state index contributed by atoms with van der Waals surface area (Å²) in [6.07, 6.45) is 4.74. The van der Waals surface area contributed by atoms with Gasteiger partial charge < -0.3 is 5.73 Å². The molecule has 1 heterocycles. The Morgan fingerprint density at radius 3 is 2.46 bits per heavy atom. The molecule has 2 aliphatic rings. The summed E-state index contributed by atoms with van der Waals surface area (Å²) >= 11 is 0. The van der Waals surface area contributed by atoms with Crippen molar-refractivity contribution in [1.29, 1.82) is 0 Å². The molecule has 5 nitrogen and oxygen atoms in total. The molecule has 0 aromatic heterocycles. The highest BCUT2D eigenvalue weighted by Gasteiger charge is 2.35. The lowest BCUT2D eigenvalue weighted by molar-refractivity contribution is -0.132. The molecule has 1 aliphatic heterocycles. The minimum absolute atomic E-state index is 0.385. The van der Waals surface area contributed by atoms with Crippen molar-refractivity contribution in [3.8, 4) is 0 Å². The third-order valence-electron chi connectivity index (χ3n) is 2.07. The van der Waals surface area contributed by atoms with Crippen LogP contribution in [0.5, 0.6) is 0 Å². The van der Waals surface area contributed by atoms with Gasteiger partial charge >= 0.3 is 0 Å². The van der Waals surface area contributed by atoms with Gasteiger partial charge in [0, 0.05) is 5.70 Å². The van der Waals surface area contributed by atoms with Crippen LogP contribution in [0.25, 0.3) is 0 Å². The maximum absolute atomic E-state index is 11.2. The van der Waals surface area contributed by atoms with E-state index >= 15 is 0 Å². The van der Waals surface area contributed by atoms with Crippen LogP contribution in [0.1, 0.15) is 0 Å². The molecule has 2 rings (SSSR count). The summed E-state index contributed by atoms with van der Waals surface area (Å²) < 4.78 is 0. The van der Waals surface area contributed by atoms with E-state index < -0.39 is 17.7 Å². The summed E-state index contributed by atoms with van der Waals surface area (Å²) in [4.78, 5) is 22.3. The Balaban J connectivity index is 2.42. The first-order valence-electron chi connectivity index (χ1n) is 3.83. The molecule has 2 atom stereocenters.